The van der Waals surface area contributed by atoms with Crippen LogP contribution in [0, 0.1) is 0 Å². The van der Waals surface area contributed by atoms with Gasteiger partial charge in [-0.2, -0.15) is 0 Å². The van der Waals surface area contributed by atoms with E-state index in [-0.39, 0.29) is 0 Å². The molecule has 0 saturated carbocycles. The number of aromatic carboxylic acids is 1. The van der Waals surface area contributed by atoms with Crippen LogP contribution in [0.4, 0.5) is 0 Å². The highest BCUT2D eigenvalue weighted by atomic mass is 16.4. The largest absolute Gasteiger partial charge is 0.481 e. The Morgan fingerprint density at radius 3 is 2.14 bits per heavy atom. The number of pyridine rings is 1. The second kappa shape index (κ2) is 5.69. The zero-order valence-corrected chi connectivity index (χ0v) is 7.97. The first-order valence-corrected chi connectivity index (χ1v) is 3.81. The molecule has 0 spiro atoms. The van der Waals surface area contributed by atoms with Gasteiger partial charge in [0, 0.05) is 13.0 Å². The first-order chi connectivity index (χ1) is 6.43. The van der Waals surface area contributed by atoms with Crippen molar-refractivity contribution in [1.82, 2.24) is 0 Å². The van der Waals surface area contributed by atoms with Gasteiger partial charge in [0.05, 0.1) is 0 Å². The topological polar surface area (TPSA) is 78.5 Å². The van der Waals surface area contributed by atoms with Crippen molar-refractivity contribution in [3.63, 3.8) is 0 Å². The van der Waals surface area contributed by atoms with E-state index in [1.165, 1.54) is 0 Å². The highest BCUT2D eigenvalue weighted by molar-refractivity contribution is 5.86. The number of aliphatic carboxylic acids is 1. The highest BCUT2D eigenvalue weighted by Crippen LogP contribution is 1.91. The number of carboxylic acid groups (broad SMARTS) is 2. The Morgan fingerprint density at radius 2 is 1.86 bits per heavy atom. The Labute approximate surface area is 81.2 Å². The quantitative estimate of drug-likeness (QED) is 0.636. The summed E-state index contributed by atoms with van der Waals surface area (Å²) >= 11 is 0. The van der Waals surface area contributed by atoms with Gasteiger partial charge in [-0.1, -0.05) is 0 Å². The third-order valence-electron chi connectivity index (χ3n) is 1.19. The molecule has 14 heavy (non-hydrogen) atoms. The molecule has 0 atom stereocenters. The van der Waals surface area contributed by atoms with Gasteiger partial charge in [0.15, 0.2) is 12.4 Å². The molecule has 5 heteroatoms. The van der Waals surface area contributed by atoms with Crippen LogP contribution in [0.3, 0.4) is 0 Å². The van der Waals surface area contributed by atoms with Gasteiger partial charge in [-0.3, -0.25) is 4.79 Å². The van der Waals surface area contributed by atoms with Crippen molar-refractivity contribution in [1.29, 1.82) is 0 Å². The smallest absolute Gasteiger partial charge is 0.341 e. The number of aromatic nitrogens is 1. The number of carboxylic acids is 2. The van der Waals surface area contributed by atoms with Crippen molar-refractivity contribution in [3.8, 4) is 0 Å². The molecule has 2 N–H and O–H groups in total. The molecule has 0 fully saturated rings. The average molecular weight is 198 g/mol. The van der Waals surface area contributed by atoms with E-state index in [0.29, 0.717) is 5.56 Å². The molecule has 0 saturated heterocycles. The van der Waals surface area contributed by atoms with E-state index in [1.54, 1.807) is 36.1 Å². The molecule has 1 rings (SSSR count). The van der Waals surface area contributed by atoms with E-state index in [4.69, 9.17) is 15.0 Å². The van der Waals surface area contributed by atoms with Crippen LogP contribution in [0.1, 0.15) is 17.3 Å². The first kappa shape index (κ1) is 12.1. The normalized spacial score (nSPS) is 8.43. The Bertz CT molecular complexity index is 331. The predicted molar refractivity (Wildman–Crippen MR) is 47.9 cm³/mol. The van der Waals surface area contributed by atoms with Gasteiger partial charge < -0.3 is 10.2 Å². The van der Waals surface area contributed by atoms with Gasteiger partial charge in [0.2, 0.25) is 0 Å². The van der Waals surface area contributed by atoms with Crippen molar-refractivity contribution in [2.45, 2.75) is 6.92 Å². The van der Waals surface area contributed by atoms with Gasteiger partial charge in [-0.25, -0.2) is 9.36 Å². The van der Waals surface area contributed by atoms with E-state index in [0.717, 1.165) is 6.92 Å². The van der Waals surface area contributed by atoms with Crippen molar-refractivity contribution < 1.29 is 24.4 Å². The summed E-state index contributed by atoms with van der Waals surface area (Å²) in [6, 6.07) is 3.26. The fourth-order valence-electron chi connectivity index (χ4n) is 0.714. The number of rotatable bonds is 1. The number of aryl methyl sites for hydroxylation is 1. The maximum Gasteiger partial charge on any atom is 0.341 e. The maximum absolute atomic E-state index is 10.3. The lowest BCUT2D eigenvalue weighted by molar-refractivity contribution is -0.671. The third-order valence-corrected chi connectivity index (χ3v) is 1.19. The third kappa shape index (κ3) is 5.70. The fourth-order valence-corrected chi connectivity index (χ4v) is 0.714. The number of nitrogens with zero attached hydrogens (tertiary/aromatic N) is 1. The van der Waals surface area contributed by atoms with E-state index < -0.39 is 11.9 Å². The molecule has 0 bridgehead atoms. The molecule has 0 unspecified atom stereocenters. The van der Waals surface area contributed by atoms with Crippen LogP contribution in [-0.2, 0) is 11.8 Å². The first-order valence-electron chi connectivity index (χ1n) is 3.81. The number of carbonyl (C=O) groups is 2. The predicted octanol–water partition coefficient (Wildman–Crippen LogP) is 0.300. The molecular weight excluding hydrogens is 186 g/mol. The molecule has 0 aliphatic heterocycles. The minimum Gasteiger partial charge on any atom is -0.481 e. The van der Waals surface area contributed by atoms with Crippen LogP contribution >= 0.6 is 0 Å². The van der Waals surface area contributed by atoms with Crippen molar-refractivity contribution in [2.75, 3.05) is 0 Å². The monoisotopic (exact) mass is 198 g/mol. The van der Waals surface area contributed by atoms with Gasteiger partial charge >= 0.3 is 5.97 Å². The summed E-state index contributed by atoms with van der Waals surface area (Å²) in [5.41, 5.74) is 0.310. The number of hydrogen-bond acceptors (Lipinski definition) is 2. The molecule has 0 aromatic carbocycles. The molecule has 1 heterocycles. The zero-order valence-electron chi connectivity index (χ0n) is 7.97. The summed E-state index contributed by atoms with van der Waals surface area (Å²) in [4.78, 5) is 19.3. The summed E-state index contributed by atoms with van der Waals surface area (Å²) in [6.45, 7) is 1.08. The minimum absolute atomic E-state index is 0.310. The van der Waals surface area contributed by atoms with Gasteiger partial charge in [0.1, 0.15) is 12.6 Å². The molecule has 0 aliphatic rings. The summed E-state index contributed by atoms with van der Waals surface area (Å²) < 4.78 is 1.70. The van der Waals surface area contributed by atoms with Crippen LogP contribution in [0.15, 0.2) is 24.5 Å². The van der Waals surface area contributed by atoms with Crippen LogP contribution in [0.5, 0.6) is 0 Å². The van der Waals surface area contributed by atoms with Crippen LogP contribution in [0.25, 0.3) is 0 Å². The lowest BCUT2D eigenvalue weighted by Gasteiger charge is -1.88. The van der Waals surface area contributed by atoms with E-state index in [9.17, 15) is 4.79 Å². The van der Waals surface area contributed by atoms with Gasteiger partial charge in [-0.15, -0.1) is 0 Å². The minimum atomic E-state index is -0.892. The van der Waals surface area contributed by atoms with Crippen molar-refractivity contribution in [2.24, 2.45) is 7.05 Å². The van der Waals surface area contributed by atoms with E-state index in [2.05, 4.69) is 0 Å². The number of hydrogen-bond donors (Lipinski definition) is 2. The van der Waals surface area contributed by atoms with Crippen LogP contribution in [0.2, 0.25) is 0 Å². The molecule has 76 valence electrons. The van der Waals surface area contributed by atoms with Gasteiger partial charge in [0.25, 0.3) is 5.97 Å². The van der Waals surface area contributed by atoms with Crippen molar-refractivity contribution >= 4 is 11.9 Å². The lowest BCUT2D eigenvalue weighted by atomic mass is 10.3. The van der Waals surface area contributed by atoms with Crippen molar-refractivity contribution in [3.05, 3.63) is 30.1 Å². The Hall–Kier alpha value is -1.91. The van der Waals surface area contributed by atoms with E-state index >= 15 is 0 Å². The van der Waals surface area contributed by atoms with Gasteiger partial charge in [-0.05, 0) is 6.07 Å². The summed E-state index contributed by atoms with van der Waals surface area (Å²) in [7, 11) is 1.78. The molecule has 0 aliphatic carbocycles. The molecule has 1 aromatic heterocycles. The fraction of sp³-hybridized carbons (Fsp3) is 0.222. The summed E-state index contributed by atoms with van der Waals surface area (Å²) in [5.74, 6) is -1.73. The molecule has 0 amide bonds. The summed E-state index contributed by atoms with van der Waals surface area (Å²) in [5, 5.41) is 15.9. The second-order valence-electron chi connectivity index (χ2n) is 2.58. The SMILES string of the molecule is CC(=O)O.C[n+]1cccc(C(=O)O)c1. The Balaban J connectivity index is 0.000000364. The standard InChI is InChI=1S/C7H7NO2.C2H4O2/c1-8-4-2-3-6(5-8)7(9)10;1-2(3)4/h2-5H,1H3;1H3,(H,3,4)/p+1. The van der Waals surface area contributed by atoms with Crippen LogP contribution < -0.4 is 4.57 Å². The molecule has 1 aromatic rings. The Kier molecular flexibility index (Phi) is 4.91. The molecule has 0 radical (unpaired) electrons. The average Bonchev–Trinajstić information content (AvgIpc) is 2.03. The molecule has 5 nitrogen and oxygen atoms in total. The van der Waals surface area contributed by atoms with Crippen LogP contribution in [-0.4, -0.2) is 22.2 Å². The Morgan fingerprint density at radius 1 is 1.36 bits per heavy atom. The second-order valence-corrected chi connectivity index (χ2v) is 2.58. The molecular formula is C9H12NO4+. The maximum atomic E-state index is 10.3. The highest BCUT2D eigenvalue weighted by Gasteiger charge is 2.04. The zero-order chi connectivity index (χ0) is 11.1. The lowest BCUT2D eigenvalue weighted by Crippen LogP contribution is -2.27. The van der Waals surface area contributed by atoms with E-state index in [1.807, 2.05) is 0 Å². The summed E-state index contributed by atoms with van der Waals surface area (Å²) in [6.07, 6.45) is 3.34.